The summed E-state index contributed by atoms with van der Waals surface area (Å²) in [5.41, 5.74) is 3.20. The summed E-state index contributed by atoms with van der Waals surface area (Å²) in [4.78, 5) is 4.63. The van der Waals surface area contributed by atoms with E-state index in [-0.39, 0.29) is 0 Å². The van der Waals surface area contributed by atoms with E-state index in [1.807, 2.05) is 78.9 Å². The van der Waals surface area contributed by atoms with Gasteiger partial charge in [-0.05, 0) is 41.5 Å². The molecule has 0 aliphatic heterocycles. The fourth-order valence-electron chi connectivity index (χ4n) is 2.77. The SMILES string of the molecule is COc1cc(C=Cc2nc3ccccc3s2)ccc1OCc1ccccc1. The van der Waals surface area contributed by atoms with Crippen molar-refractivity contribution in [3.8, 4) is 11.5 Å². The van der Waals surface area contributed by atoms with Crippen molar-refractivity contribution in [3.05, 3.63) is 88.9 Å². The third kappa shape index (κ3) is 4.18. The zero-order chi connectivity index (χ0) is 18.5. The Morgan fingerprint density at radius 3 is 2.52 bits per heavy atom. The first kappa shape index (κ1) is 17.3. The molecule has 4 heteroatoms. The zero-order valence-corrected chi connectivity index (χ0v) is 15.8. The maximum Gasteiger partial charge on any atom is 0.161 e. The molecule has 4 rings (SSSR count). The van der Waals surface area contributed by atoms with E-state index in [9.17, 15) is 0 Å². The lowest BCUT2D eigenvalue weighted by Crippen LogP contribution is -1.97. The van der Waals surface area contributed by atoms with Crippen molar-refractivity contribution in [3.63, 3.8) is 0 Å². The minimum Gasteiger partial charge on any atom is -0.493 e. The van der Waals surface area contributed by atoms with Crippen molar-refractivity contribution in [2.45, 2.75) is 6.61 Å². The minimum absolute atomic E-state index is 0.512. The Labute approximate surface area is 162 Å². The van der Waals surface area contributed by atoms with E-state index in [2.05, 4.69) is 11.1 Å². The summed E-state index contributed by atoms with van der Waals surface area (Å²) in [5, 5.41) is 0.986. The largest absolute Gasteiger partial charge is 0.493 e. The summed E-state index contributed by atoms with van der Waals surface area (Å²) in [7, 11) is 1.66. The number of methoxy groups -OCH3 is 1. The molecule has 1 aromatic heterocycles. The highest BCUT2D eigenvalue weighted by molar-refractivity contribution is 7.19. The van der Waals surface area contributed by atoms with E-state index in [1.165, 1.54) is 4.70 Å². The van der Waals surface area contributed by atoms with Crippen LogP contribution in [0.25, 0.3) is 22.4 Å². The Bertz CT molecular complexity index is 1040. The lowest BCUT2D eigenvalue weighted by Gasteiger charge is -2.11. The maximum absolute atomic E-state index is 5.91. The molecular weight excluding hydrogens is 354 g/mol. The highest BCUT2D eigenvalue weighted by Gasteiger charge is 2.06. The second-order valence-corrected chi connectivity index (χ2v) is 7.10. The van der Waals surface area contributed by atoms with Crippen LogP contribution in [0.2, 0.25) is 0 Å². The molecule has 0 unspecified atom stereocenters. The van der Waals surface area contributed by atoms with E-state index in [0.717, 1.165) is 33.2 Å². The van der Waals surface area contributed by atoms with Crippen molar-refractivity contribution in [1.29, 1.82) is 0 Å². The van der Waals surface area contributed by atoms with E-state index in [1.54, 1.807) is 18.4 Å². The molecule has 1 heterocycles. The first-order chi connectivity index (χ1) is 13.3. The molecule has 0 N–H and O–H groups in total. The summed E-state index contributed by atoms with van der Waals surface area (Å²) >= 11 is 1.68. The molecule has 27 heavy (non-hydrogen) atoms. The molecule has 0 bridgehead atoms. The molecule has 4 aromatic rings. The van der Waals surface area contributed by atoms with E-state index >= 15 is 0 Å². The molecular formula is C23H19NO2S. The molecule has 0 spiro atoms. The highest BCUT2D eigenvalue weighted by atomic mass is 32.1. The summed E-state index contributed by atoms with van der Waals surface area (Å²) < 4.78 is 12.6. The molecule has 0 amide bonds. The molecule has 0 fully saturated rings. The minimum atomic E-state index is 0.512. The summed E-state index contributed by atoms with van der Waals surface area (Å²) in [6.45, 7) is 0.512. The Hall–Kier alpha value is -3.11. The molecule has 0 aliphatic rings. The van der Waals surface area contributed by atoms with Crippen molar-refractivity contribution < 1.29 is 9.47 Å². The average Bonchev–Trinajstić information content (AvgIpc) is 3.15. The van der Waals surface area contributed by atoms with Gasteiger partial charge in [-0.15, -0.1) is 11.3 Å². The molecule has 0 saturated heterocycles. The standard InChI is InChI=1S/C23H19NO2S/c1-25-21-15-17(11-13-20(21)26-16-18-7-3-2-4-8-18)12-14-23-24-19-9-5-6-10-22(19)27-23/h2-15H,16H2,1H3. The fraction of sp³-hybridized carbons (Fsp3) is 0.0870. The van der Waals surface area contributed by atoms with Crippen molar-refractivity contribution in [2.75, 3.05) is 7.11 Å². The number of para-hydroxylation sites is 1. The van der Waals surface area contributed by atoms with Crippen LogP contribution in [0.4, 0.5) is 0 Å². The second kappa shape index (κ2) is 8.06. The highest BCUT2D eigenvalue weighted by Crippen LogP contribution is 2.30. The van der Waals surface area contributed by atoms with Crippen LogP contribution in [0.5, 0.6) is 11.5 Å². The van der Waals surface area contributed by atoms with Gasteiger partial charge < -0.3 is 9.47 Å². The number of thiazole rings is 1. The van der Waals surface area contributed by atoms with Crippen molar-refractivity contribution in [1.82, 2.24) is 4.98 Å². The van der Waals surface area contributed by atoms with Crippen molar-refractivity contribution in [2.24, 2.45) is 0 Å². The lowest BCUT2D eigenvalue weighted by molar-refractivity contribution is 0.284. The molecule has 134 valence electrons. The van der Waals surface area contributed by atoms with Gasteiger partial charge in [-0.1, -0.05) is 54.6 Å². The van der Waals surface area contributed by atoms with Gasteiger partial charge in [-0.2, -0.15) is 0 Å². The van der Waals surface area contributed by atoms with Crippen LogP contribution in [0.1, 0.15) is 16.1 Å². The number of fused-ring (bicyclic) bond motifs is 1. The number of hydrogen-bond acceptors (Lipinski definition) is 4. The molecule has 0 radical (unpaired) electrons. The maximum atomic E-state index is 5.91. The first-order valence-corrected chi connectivity index (χ1v) is 9.52. The van der Waals surface area contributed by atoms with Gasteiger partial charge in [-0.3, -0.25) is 0 Å². The molecule has 0 atom stereocenters. The quantitative estimate of drug-likeness (QED) is 0.412. The van der Waals surface area contributed by atoms with Crippen LogP contribution in [0.3, 0.4) is 0 Å². The third-order valence-electron chi connectivity index (χ3n) is 4.15. The fourth-order valence-corrected chi connectivity index (χ4v) is 3.64. The zero-order valence-electron chi connectivity index (χ0n) is 15.0. The summed E-state index contributed by atoms with van der Waals surface area (Å²) in [6, 6.07) is 24.2. The summed E-state index contributed by atoms with van der Waals surface area (Å²) in [6.07, 6.45) is 4.07. The van der Waals surface area contributed by atoms with Crippen LogP contribution >= 0.6 is 11.3 Å². The molecule has 0 aliphatic carbocycles. The number of ether oxygens (including phenoxy) is 2. The van der Waals surface area contributed by atoms with Crippen molar-refractivity contribution >= 4 is 33.7 Å². The van der Waals surface area contributed by atoms with Gasteiger partial charge in [0.1, 0.15) is 11.6 Å². The number of aromatic nitrogens is 1. The van der Waals surface area contributed by atoms with Crippen LogP contribution < -0.4 is 9.47 Å². The van der Waals surface area contributed by atoms with Gasteiger partial charge in [0, 0.05) is 0 Å². The normalized spacial score (nSPS) is 11.1. The van der Waals surface area contributed by atoms with E-state index in [0.29, 0.717) is 6.61 Å². The Balaban J connectivity index is 1.50. The van der Waals surface area contributed by atoms with Crippen LogP contribution in [-0.2, 0) is 6.61 Å². The lowest BCUT2D eigenvalue weighted by atomic mass is 10.2. The molecule has 3 nitrogen and oxygen atoms in total. The van der Waals surface area contributed by atoms with Crippen LogP contribution in [0, 0.1) is 0 Å². The average molecular weight is 373 g/mol. The number of benzene rings is 3. The Kier molecular flexibility index (Phi) is 5.17. The van der Waals surface area contributed by atoms with Gasteiger partial charge in [0.2, 0.25) is 0 Å². The van der Waals surface area contributed by atoms with Gasteiger partial charge in [0.05, 0.1) is 17.3 Å². The Morgan fingerprint density at radius 2 is 1.70 bits per heavy atom. The number of hydrogen-bond donors (Lipinski definition) is 0. The van der Waals surface area contributed by atoms with Crippen LogP contribution in [-0.4, -0.2) is 12.1 Å². The monoisotopic (exact) mass is 373 g/mol. The predicted molar refractivity (Wildman–Crippen MR) is 112 cm³/mol. The van der Waals surface area contributed by atoms with Gasteiger partial charge in [-0.25, -0.2) is 4.98 Å². The second-order valence-electron chi connectivity index (χ2n) is 6.04. The van der Waals surface area contributed by atoms with E-state index in [4.69, 9.17) is 9.47 Å². The predicted octanol–water partition coefficient (Wildman–Crippen LogP) is 6.05. The molecule has 3 aromatic carbocycles. The first-order valence-electron chi connectivity index (χ1n) is 8.70. The number of nitrogens with zero attached hydrogens (tertiary/aromatic N) is 1. The number of rotatable bonds is 6. The smallest absolute Gasteiger partial charge is 0.161 e. The van der Waals surface area contributed by atoms with Gasteiger partial charge >= 0.3 is 0 Å². The van der Waals surface area contributed by atoms with Gasteiger partial charge in [0.25, 0.3) is 0 Å². The summed E-state index contributed by atoms with van der Waals surface area (Å²) in [5.74, 6) is 1.45. The van der Waals surface area contributed by atoms with Gasteiger partial charge in [0.15, 0.2) is 11.5 Å². The van der Waals surface area contributed by atoms with E-state index < -0.39 is 0 Å². The van der Waals surface area contributed by atoms with Crippen LogP contribution in [0.15, 0.2) is 72.8 Å². The topological polar surface area (TPSA) is 31.4 Å². The third-order valence-corrected chi connectivity index (χ3v) is 5.16. The molecule has 0 saturated carbocycles. The Morgan fingerprint density at radius 1 is 0.889 bits per heavy atom.